The summed E-state index contributed by atoms with van der Waals surface area (Å²) in [4.78, 5) is 24.2. The summed E-state index contributed by atoms with van der Waals surface area (Å²) < 4.78 is 8.42. The quantitative estimate of drug-likeness (QED) is 0.429. The van der Waals surface area contributed by atoms with Crippen LogP contribution in [0.1, 0.15) is 27.9 Å². The van der Waals surface area contributed by atoms with E-state index >= 15 is 0 Å². The zero-order chi connectivity index (χ0) is 21.1. The molecule has 4 rings (SSSR count). The van der Waals surface area contributed by atoms with Gasteiger partial charge in [-0.25, -0.2) is 9.97 Å². The zero-order valence-corrected chi connectivity index (χ0v) is 18.1. The van der Waals surface area contributed by atoms with E-state index in [0.717, 1.165) is 33.9 Å². The third-order valence-corrected chi connectivity index (χ3v) is 5.99. The first-order valence-electron chi connectivity index (χ1n) is 9.84. The predicted octanol–water partition coefficient (Wildman–Crippen LogP) is 4.86. The van der Waals surface area contributed by atoms with Gasteiger partial charge in [-0.05, 0) is 55.7 Å². The molecular formula is C23H24N4O2S. The Morgan fingerprint density at radius 1 is 1.23 bits per heavy atom. The van der Waals surface area contributed by atoms with Crippen molar-refractivity contribution < 1.29 is 9.53 Å². The van der Waals surface area contributed by atoms with Crippen LogP contribution in [0.2, 0.25) is 0 Å². The third kappa shape index (κ3) is 4.21. The van der Waals surface area contributed by atoms with E-state index in [1.54, 1.807) is 41.9 Å². The molecule has 0 aliphatic carbocycles. The summed E-state index contributed by atoms with van der Waals surface area (Å²) in [6.07, 6.45) is 6.27. The summed E-state index contributed by atoms with van der Waals surface area (Å²) in [5.74, 6) is 0.586. The van der Waals surface area contributed by atoms with E-state index in [4.69, 9.17) is 9.72 Å². The summed E-state index contributed by atoms with van der Waals surface area (Å²) in [6.45, 7) is 5.49. The highest BCUT2D eigenvalue weighted by Gasteiger charge is 2.22. The summed E-state index contributed by atoms with van der Waals surface area (Å²) in [5.41, 5.74) is 3.86. The summed E-state index contributed by atoms with van der Waals surface area (Å²) >= 11 is 1.56. The van der Waals surface area contributed by atoms with E-state index in [1.807, 2.05) is 29.0 Å². The molecule has 2 heterocycles. The van der Waals surface area contributed by atoms with Crippen molar-refractivity contribution in [2.24, 2.45) is 0 Å². The summed E-state index contributed by atoms with van der Waals surface area (Å²) in [7, 11) is 1.60. The van der Waals surface area contributed by atoms with Gasteiger partial charge in [0.2, 0.25) is 0 Å². The van der Waals surface area contributed by atoms with Crippen LogP contribution < -0.4 is 9.64 Å². The molecule has 30 heavy (non-hydrogen) atoms. The number of fused-ring (bicyclic) bond motifs is 1. The van der Waals surface area contributed by atoms with Crippen LogP contribution in [-0.2, 0) is 6.54 Å². The van der Waals surface area contributed by atoms with E-state index in [0.29, 0.717) is 17.9 Å². The molecule has 0 spiro atoms. The van der Waals surface area contributed by atoms with Gasteiger partial charge < -0.3 is 9.30 Å². The molecule has 0 saturated heterocycles. The van der Waals surface area contributed by atoms with Crippen molar-refractivity contribution in [1.29, 1.82) is 0 Å². The minimum Gasteiger partial charge on any atom is -0.497 e. The Balaban J connectivity index is 1.67. The second-order valence-corrected chi connectivity index (χ2v) is 8.28. The Morgan fingerprint density at radius 3 is 2.87 bits per heavy atom. The van der Waals surface area contributed by atoms with Crippen molar-refractivity contribution >= 4 is 32.6 Å². The first-order valence-corrected chi connectivity index (χ1v) is 10.7. The smallest absolute Gasteiger partial charge is 0.260 e. The molecule has 2 aromatic heterocycles. The molecule has 0 unspecified atom stereocenters. The number of ether oxygens (including phenoxy) is 1. The number of rotatable bonds is 7. The van der Waals surface area contributed by atoms with Gasteiger partial charge in [0.25, 0.3) is 5.91 Å². The molecule has 0 saturated carbocycles. The van der Waals surface area contributed by atoms with E-state index < -0.39 is 0 Å². The number of amides is 1. The van der Waals surface area contributed by atoms with Crippen molar-refractivity contribution in [2.75, 3.05) is 18.6 Å². The van der Waals surface area contributed by atoms with Crippen molar-refractivity contribution in [3.63, 3.8) is 0 Å². The molecule has 154 valence electrons. The van der Waals surface area contributed by atoms with Crippen LogP contribution in [0.15, 0.2) is 55.1 Å². The predicted molar refractivity (Wildman–Crippen MR) is 121 cm³/mol. The number of imidazole rings is 1. The van der Waals surface area contributed by atoms with Gasteiger partial charge in [0, 0.05) is 31.0 Å². The molecule has 0 fully saturated rings. The van der Waals surface area contributed by atoms with E-state index in [1.165, 1.54) is 5.56 Å². The Bertz CT molecular complexity index is 1170. The first-order chi connectivity index (χ1) is 14.5. The molecule has 6 nitrogen and oxygen atoms in total. The largest absolute Gasteiger partial charge is 0.497 e. The van der Waals surface area contributed by atoms with E-state index in [9.17, 15) is 4.79 Å². The van der Waals surface area contributed by atoms with Crippen molar-refractivity contribution in [3.05, 3.63) is 71.8 Å². The lowest BCUT2D eigenvalue weighted by Crippen LogP contribution is -2.32. The Hall–Kier alpha value is -3.19. The van der Waals surface area contributed by atoms with E-state index in [-0.39, 0.29) is 5.91 Å². The molecule has 0 bridgehead atoms. The summed E-state index contributed by atoms with van der Waals surface area (Å²) in [6, 6.07) is 11.5. The van der Waals surface area contributed by atoms with Gasteiger partial charge in [-0.15, -0.1) is 0 Å². The average molecular weight is 421 g/mol. The molecule has 1 amide bonds. The van der Waals surface area contributed by atoms with Crippen molar-refractivity contribution in [1.82, 2.24) is 14.5 Å². The lowest BCUT2D eigenvalue weighted by molar-refractivity contribution is 0.0986. The molecule has 0 N–H and O–H groups in total. The molecular weight excluding hydrogens is 396 g/mol. The van der Waals surface area contributed by atoms with Crippen LogP contribution >= 0.6 is 11.3 Å². The number of benzene rings is 2. The van der Waals surface area contributed by atoms with Gasteiger partial charge in [-0.1, -0.05) is 23.5 Å². The number of hydrogen-bond donors (Lipinski definition) is 0. The Morgan fingerprint density at radius 2 is 2.10 bits per heavy atom. The normalized spacial score (nSPS) is 11.0. The third-order valence-electron chi connectivity index (χ3n) is 4.97. The fourth-order valence-electron chi connectivity index (χ4n) is 3.50. The van der Waals surface area contributed by atoms with E-state index in [2.05, 4.69) is 31.0 Å². The maximum absolute atomic E-state index is 13.5. The highest BCUT2D eigenvalue weighted by atomic mass is 32.1. The number of aryl methyl sites for hydroxylation is 3. The highest BCUT2D eigenvalue weighted by Crippen LogP contribution is 2.32. The van der Waals surface area contributed by atoms with Crippen LogP contribution in [0, 0.1) is 13.8 Å². The van der Waals surface area contributed by atoms with Crippen LogP contribution in [0.5, 0.6) is 5.75 Å². The molecule has 0 aliphatic rings. The molecule has 0 radical (unpaired) electrons. The molecule has 0 atom stereocenters. The van der Waals surface area contributed by atoms with Gasteiger partial charge in [0.1, 0.15) is 5.75 Å². The standard InChI is InChI=1S/C23H24N4O2S/c1-16-12-17(2)21-20(13-16)30-23(25-21)27(10-5-9-26-11-8-24-15-26)22(28)18-6-4-7-19(14-18)29-3/h4,6-8,11-15H,5,9-10H2,1-3H3. The Kier molecular flexibility index (Phi) is 5.81. The van der Waals surface area contributed by atoms with Gasteiger partial charge in [-0.3, -0.25) is 9.69 Å². The topological polar surface area (TPSA) is 60.2 Å². The van der Waals surface area contributed by atoms with Crippen molar-refractivity contribution in [3.8, 4) is 5.75 Å². The van der Waals surface area contributed by atoms with Gasteiger partial charge >= 0.3 is 0 Å². The number of thiazole rings is 1. The Labute approximate surface area is 179 Å². The molecule has 4 aromatic rings. The molecule has 0 aliphatic heterocycles. The maximum Gasteiger partial charge on any atom is 0.260 e. The maximum atomic E-state index is 13.5. The average Bonchev–Trinajstić information content (AvgIpc) is 3.40. The number of methoxy groups -OCH3 is 1. The fraction of sp³-hybridized carbons (Fsp3) is 0.261. The van der Waals surface area contributed by atoms with Crippen LogP contribution in [0.25, 0.3) is 10.2 Å². The number of aromatic nitrogens is 3. The van der Waals surface area contributed by atoms with Crippen LogP contribution in [-0.4, -0.2) is 34.1 Å². The van der Waals surface area contributed by atoms with Gasteiger partial charge in [-0.2, -0.15) is 0 Å². The highest BCUT2D eigenvalue weighted by molar-refractivity contribution is 7.22. The van der Waals surface area contributed by atoms with Gasteiger partial charge in [0.05, 0.1) is 23.7 Å². The lowest BCUT2D eigenvalue weighted by Gasteiger charge is -2.20. The number of carbonyl (C=O) groups excluding carboxylic acids is 1. The van der Waals surface area contributed by atoms with Crippen LogP contribution in [0.4, 0.5) is 5.13 Å². The number of nitrogens with zero attached hydrogens (tertiary/aromatic N) is 4. The fourth-order valence-corrected chi connectivity index (χ4v) is 4.67. The second-order valence-electron chi connectivity index (χ2n) is 7.27. The molecule has 7 heteroatoms. The lowest BCUT2D eigenvalue weighted by atomic mass is 10.1. The number of anilines is 1. The minimum absolute atomic E-state index is 0.0760. The first kappa shape index (κ1) is 20.1. The SMILES string of the molecule is COc1cccc(C(=O)N(CCCn2ccnc2)c2nc3c(C)cc(C)cc3s2)c1. The zero-order valence-electron chi connectivity index (χ0n) is 17.3. The molecule has 2 aromatic carbocycles. The second kappa shape index (κ2) is 8.67. The van der Waals surface area contributed by atoms with Crippen LogP contribution in [0.3, 0.4) is 0 Å². The number of carbonyl (C=O) groups is 1. The monoisotopic (exact) mass is 420 g/mol. The minimum atomic E-state index is -0.0760. The van der Waals surface area contributed by atoms with Gasteiger partial charge in [0.15, 0.2) is 5.13 Å². The number of hydrogen-bond acceptors (Lipinski definition) is 5. The summed E-state index contributed by atoms with van der Waals surface area (Å²) in [5, 5.41) is 0.720. The van der Waals surface area contributed by atoms with Crippen molar-refractivity contribution in [2.45, 2.75) is 26.8 Å².